The van der Waals surface area contributed by atoms with E-state index in [9.17, 15) is 4.79 Å². The molecule has 1 aromatic heterocycles. The van der Waals surface area contributed by atoms with Gasteiger partial charge in [0.2, 0.25) is 0 Å². The number of aryl methyl sites for hydroxylation is 2. The highest BCUT2D eigenvalue weighted by atomic mass is 32.2. The number of carbonyl (C=O) groups is 1. The number of aromatic nitrogens is 2. The molecule has 120 valence electrons. The fourth-order valence-corrected chi connectivity index (χ4v) is 3.35. The Morgan fingerprint density at radius 1 is 0.917 bits per heavy atom. The second-order valence-electron chi connectivity index (χ2n) is 5.65. The zero-order chi connectivity index (χ0) is 17.1. The van der Waals surface area contributed by atoms with Crippen molar-refractivity contribution < 1.29 is 4.79 Å². The largest absolute Gasteiger partial charge is 0.294 e. The summed E-state index contributed by atoms with van der Waals surface area (Å²) in [6, 6.07) is 18.1. The number of hydrogen-bond donors (Lipinski definition) is 0. The molecule has 0 aliphatic rings. The van der Waals surface area contributed by atoms with E-state index in [0.717, 1.165) is 10.5 Å². The van der Waals surface area contributed by atoms with Crippen LogP contribution in [-0.2, 0) is 0 Å². The molecule has 4 heteroatoms. The molecular weight excluding hydrogens is 316 g/mol. The first kappa shape index (κ1) is 16.4. The molecule has 0 atom stereocenters. The molecular formula is C20H18N2OS. The SMILES string of the molecule is CC(=O)c1c(C)nc(Sc2ccccc2)nc1-c1ccc(C)cc1. The standard InChI is InChI=1S/C20H18N2OS/c1-13-9-11-16(12-10-13)19-18(15(3)23)14(2)21-20(22-19)24-17-7-5-4-6-8-17/h4-12H,1-3H3. The molecule has 0 N–H and O–H groups in total. The van der Waals surface area contributed by atoms with Crippen molar-refractivity contribution >= 4 is 17.5 Å². The summed E-state index contributed by atoms with van der Waals surface area (Å²) >= 11 is 1.50. The van der Waals surface area contributed by atoms with Crippen molar-refractivity contribution in [1.29, 1.82) is 0 Å². The summed E-state index contributed by atoms with van der Waals surface area (Å²) in [7, 11) is 0. The molecule has 0 aliphatic heterocycles. The van der Waals surface area contributed by atoms with E-state index in [0.29, 0.717) is 22.1 Å². The zero-order valence-electron chi connectivity index (χ0n) is 13.9. The number of Topliss-reactive ketones (excluding diaryl/α,β-unsaturated/α-hetero) is 1. The Bertz CT molecular complexity index is 874. The molecule has 3 nitrogen and oxygen atoms in total. The normalized spacial score (nSPS) is 10.6. The smallest absolute Gasteiger partial charge is 0.193 e. The summed E-state index contributed by atoms with van der Waals surface area (Å²) in [4.78, 5) is 22.4. The predicted molar refractivity (Wildman–Crippen MR) is 97.5 cm³/mol. The molecule has 0 saturated heterocycles. The van der Waals surface area contributed by atoms with E-state index in [1.165, 1.54) is 17.3 Å². The third-order valence-electron chi connectivity index (χ3n) is 3.70. The lowest BCUT2D eigenvalue weighted by Gasteiger charge is -2.11. The molecule has 0 unspecified atom stereocenters. The van der Waals surface area contributed by atoms with Crippen molar-refractivity contribution in [2.75, 3.05) is 0 Å². The molecule has 3 rings (SSSR count). The van der Waals surface area contributed by atoms with Gasteiger partial charge in [0.15, 0.2) is 10.9 Å². The molecule has 0 amide bonds. The van der Waals surface area contributed by atoms with Crippen LogP contribution in [0.5, 0.6) is 0 Å². The van der Waals surface area contributed by atoms with Gasteiger partial charge in [0.25, 0.3) is 0 Å². The lowest BCUT2D eigenvalue weighted by Crippen LogP contribution is -2.06. The lowest BCUT2D eigenvalue weighted by atomic mass is 10.0. The predicted octanol–water partition coefficient (Wildman–Crippen LogP) is 5.11. The van der Waals surface area contributed by atoms with E-state index >= 15 is 0 Å². The topological polar surface area (TPSA) is 42.9 Å². The molecule has 24 heavy (non-hydrogen) atoms. The van der Waals surface area contributed by atoms with Crippen molar-refractivity contribution in [2.24, 2.45) is 0 Å². The van der Waals surface area contributed by atoms with Crippen molar-refractivity contribution in [3.05, 3.63) is 71.4 Å². The van der Waals surface area contributed by atoms with E-state index in [1.807, 2.05) is 68.4 Å². The first-order valence-corrected chi connectivity index (χ1v) is 8.56. The van der Waals surface area contributed by atoms with Crippen LogP contribution >= 0.6 is 11.8 Å². The van der Waals surface area contributed by atoms with Gasteiger partial charge in [-0.15, -0.1) is 0 Å². The summed E-state index contributed by atoms with van der Waals surface area (Å²) in [5, 5.41) is 0.652. The monoisotopic (exact) mass is 334 g/mol. The first-order valence-electron chi connectivity index (χ1n) is 7.74. The van der Waals surface area contributed by atoms with E-state index in [2.05, 4.69) is 9.97 Å². The third kappa shape index (κ3) is 3.54. The number of hydrogen-bond acceptors (Lipinski definition) is 4. The van der Waals surface area contributed by atoms with Gasteiger partial charge in [0, 0.05) is 10.5 Å². The van der Waals surface area contributed by atoms with Gasteiger partial charge in [-0.3, -0.25) is 4.79 Å². The van der Waals surface area contributed by atoms with Crippen molar-refractivity contribution in [1.82, 2.24) is 9.97 Å². The Labute approximate surface area is 146 Å². The maximum Gasteiger partial charge on any atom is 0.193 e. The maximum atomic E-state index is 12.1. The summed E-state index contributed by atoms with van der Waals surface area (Å²) in [6.07, 6.45) is 0. The van der Waals surface area contributed by atoms with Crippen LogP contribution in [0.3, 0.4) is 0 Å². The number of benzene rings is 2. The summed E-state index contributed by atoms with van der Waals surface area (Å²) in [6.45, 7) is 5.47. The quantitative estimate of drug-likeness (QED) is 0.491. The van der Waals surface area contributed by atoms with Crippen LogP contribution in [0.1, 0.15) is 28.5 Å². The zero-order valence-corrected chi connectivity index (χ0v) is 14.7. The van der Waals surface area contributed by atoms with E-state index in [-0.39, 0.29) is 5.78 Å². The van der Waals surface area contributed by atoms with Gasteiger partial charge in [-0.25, -0.2) is 9.97 Å². The van der Waals surface area contributed by atoms with Gasteiger partial charge in [-0.2, -0.15) is 0 Å². The van der Waals surface area contributed by atoms with Crippen LogP contribution in [0.15, 0.2) is 64.6 Å². The van der Waals surface area contributed by atoms with Gasteiger partial charge >= 0.3 is 0 Å². The molecule has 0 fully saturated rings. The van der Waals surface area contributed by atoms with E-state index < -0.39 is 0 Å². The number of rotatable bonds is 4. The van der Waals surface area contributed by atoms with Crippen LogP contribution in [0.4, 0.5) is 0 Å². The molecule has 0 aliphatic carbocycles. The Morgan fingerprint density at radius 3 is 2.21 bits per heavy atom. The number of ketones is 1. The molecule has 1 heterocycles. The van der Waals surface area contributed by atoms with Gasteiger partial charge in [0.1, 0.15) is 0 Å². The van der Waals surface area contributed by atoms with Gasteiger partial charge < -0.3 is 0 Å². The van der Waals surface area contributed by atoms with Crippen LogP contribution in [0.25, 0.3) is 11.3 Å². The van der Waals surface area contributed by atoms with Crippen molar-refractivity contribution in [3.63, 3.8) is 0 Å². The summed E-state index contributed by atoms with van der Waals surface area (Å²) in [5.74, 6) is -0.0145. The highest BCUT2D eigenvalue weighted by molar-refractivity contribution is 7.99. The van der Waals surface area contributed by atoms with Crippen LogP contribution in [0, 0.1) is 13.8 Å². The molecule has 2 aromatic carbocycles. The minimum atomic E-state index is -0.0145. The van der Waals surface area contributed by atoms with Gasteiger partial charge in [-0.05, 0) is 44.7 Å². The molecule has 0 bridgehead atoms. The Balaban J connectivity index is 2.10. The molecule has 0 saturated carbocycles. The minimum absolute atomic E-state index is 0.0145. The fourth-order valence-electron chi connectivity index (χ4n) is 2.53. The van der Waals surface area contributed by atoms with Gasteiger partial charge in [0.05, 0.1) is 17.0 Å². The van der Waals surface area contributed by atoms with Crippen LogP contribution in [-0.4, -0.2) is 15.8 Å². The first-order chi connectivity index (χ1) is 11.5. The Morgan fingerprint density at radius 2 is 1.58 bits per heavy atom. The lowest BCUT2D eigenvalue weighted by molar-refractivity contribution is 0.101. The molecule has 0 radical (unpaired) electrons. The van der Waals surface area contributed by atoms with Crippen molar-refractivity contribution in [3.8, 4) is 11.3 Å². The van der Waals surface area contributed by atoms with Crippen LogP contribution in [0.2, 0.25) is 0 Å². The van der Waals surface area contributed by atoms with Crippen molar-refractivity contribution in [2.45, 2.75) is 30.8 Å². The Kier molecular flexibility index (Phi) is 4.76. The Hall–Kier alpha value is -2.46. The number of carbonyl (C=O) groups excluding carboxylic acids is 1. The highest BCUT2D eigenvalue weighted by Crippen LogP contribution is 2.30. The maximum absolute atomic E-state index is 12.1. The van der Waals surface area contributed by atoms with E-state index in [4.69, 9.17) is 0 Å². The van der Waals surface area contributed by atoms with E-state index in [1.54, 1.807) is 6.92 Å². The second-order valence-corrected chi connectivity index (χ2v) is 6.69. The minimum Gasteiger partial charge on any atom is -0.294 e. The van der Waals surface area contributed by atoms with Crippen LogP contribution < -0.4 is 0 Å². The summed E-state index contributed by atoms with van der Waals surface area (Å²) < 4.78 is 0. The average Bonchev–Trinajstić information content (AvgIpc) is 2.55. The summed E-state index contributed by atoms with van der Waals surface area (Å²) in [5.41, 5.74) is 4.12. The second kappa shape index (κ2) is 6.97. The van der Waals surface area contributed by atoms with Gasteiger partial charge in [-0.1, -0.05) is 48.0 Å². The third-order valence-corrected chi connectivity index (χ3v) is 4.57. The molecule has 3 aromatic rings. The fraction of sp³-hybridized carbons (Fsp3) is 0.150. The average molecular weight is 334 g/mol. The highest BCUT2D eigenvalue weighted by Gasteiger charge is 2.17. The molecule has 0 spiro atoms. The number of nitrogens with zero attached hydrogens (tertiary/aromatic N) is 2.